The second kappa shape index (κ2) is 6.64. The average Bonchev–Trinajstić information content (AvgIpc) is 2.73. The second-order valence-electron chi connectivity index (χ2n) is 4.95. The van der Waals surface area contributed by atoms with Gasteiger partial charge in [0.2, 0.25) is 5.91 Å². The van der Waals surface area contributed by atoms with Crippen molar-refractivity contribution in [1.29, 1.82) is 0 Å². The molecule has 1 aliphatic heterocycles. The van der Waals surface area contributed by atoms with Gasteiger partial charge in [0.1, 0.15) is 0 Å². The van der Waals surface area contributed by atoms with E-state index in [1.807, 2.05) is 12.3 Å². The van der Waals surface area contributed by atoms with Gasteiger partial charge in [0.15, 0.2) is 9.84 Å². The van der Waals surface area contributed by atoms with Gasteiger partial charge in [0.05, 0.1) is 16.5 Å². The molecule has 1 aromatic heterocycles. The summed E-state index contributed by atoms with van der Waals surface area (Å²) in [6, 6.07) is -0.268. The van der Waals surface area contributed by atoms with Crippen molar-refractivity contribution in [2.75, 3.05) is 24.6 Å². The summed E-state index contributed by atoms with van der Waals surface area (Å²) in [6.45, 7) is 2.90. The lowest BCUT2D eigenvalue weighted by Crippen LogP contribution is -2.47. The zero-order chi connectivity index (χ0) is 14.6. The molecule has 1 amide bonds. The maximum absolute atomic E-state index is 11.8. The first-order valence-corrected chi connectivity index (χ1v) is 9.26. The summed E-state index contributed by atoms with van der Waals surface area (Å²) < 4.78 is 22.9. The standard InChI is InChI=1S/C12H19N3O3S2/c1-9-7-19-12(15-9)2-3-14-11(16)6-10-8-20(17,18)5-4-13-10/h7,10,13H,2-6,8H2,1H3,(H,14,16). The Kier molecular flexibility index (Phi) is 5.11. The van der Waals surface area contributed by atoms with Crippen LogP contribution < -0.4 is 10.6 Å². The predicted molar refractivity (Wildman–Crippen MR) is 78.6 cm³/mol. The van der Waals surface area contributed by atoms with E-state index in [0.717, 1.165) is 10.7 Å². The molecule has 112 valence electrons. The van der Waals surface area contributed by atoms with Crippen LogP contribution in [0.15, 0.2) is 5.38 Å². The quantitative estimate of drug-likeness (QED) is 0.791. The lowest BCUT2D eigenvalue weighted by Gasteiger charge is -2.23. The molecule has 1 atom stereocenters. The highest BCUT2D eigenvalue weighted by Gasteiger charge is 2.25. The van der Waals surface area contributed by atoms with Gasteiger partial charge in [0, 0.05) is 43.0 Å². The Labute approximate surface area is 122 Å². The number of carbonyl (C=O) groups is 1. The van der Waals surface area contributed by atoms with Crippen LogP contribution in [0.5, 0.6) is 0 Å². The first-order valence-electron chi connectivity index (χ1n) is 6.56. The van der Waals surface area contributed by atoms with Crippen LogP contribution in [0.3, 0.4) is 0 Å². The molecule has 6 nitrogen and oxygen atoms in total. The molecular weight excluding hydrogens is 298 g/mol. The summed E-state index contributed by atoms with van der Waals surface area (Å²) in [5.74, 6) is 0.0912. The number of nitrogens with one attached hydrogen (secondary N) is 2. The number of nitrogens with zero attached hydrogens (tertiary/aromatic N) is 1. The molecule has 2 rings (SSSR count). The van der Waals surface area contributed by atoms with Crippen LogP contribution in [0.1, 0.15) is 17.1 Å². The Morgan fingerprint density at radius 3 is 3.05 bits per heavy atom. The van der Waals surface area contributed by atoms with Crippen molar-refractivity contribution in [3.63, 3.8) is 0 Å². The first-order chi connectivity index (χ1) is 9.44. The van der Waals surface area contributed by atoms with Gasteiger partial charge in [-0.1, -0.05) is 0 Å². The van der Waals surface area contributed by atoms with Gasteiger partial charge in [-0.2, -0.15) is 0 Å². The molecule has 0 spiro atoms. The fourth-order valence-electron chi connectivity index (χ4n) is 2.12. The summed E-state index contributed by atoms with van der Waals surface area (Å²) >= 11 is 1.58. The number of aryl methyl sites for hydroxylation is 1. The van der Waals surface area contributed by atoms with E-state index in [0.29, 0.717) is 19.5 Å². The van der Waals surface area contributed by atoms with Crippen LogP contribution in [0.2, 0.25) is 0 Å². The molecule has 0 saturated carbocycles. The van der Waals surface area contributed by atoms with Crippen LogP contribution in [-0.2, 0) is 21.1 Å². The van der Waals surface area contributed by atoms with Crippen molar-refractivity contribution in [1.82, 2.24) is 15.6 Å². The second-order valence-corrected chi connectivity index (χ2v) is 8.12. The Morgan fingerprint density at radius 1 is 1.60 bits per heavy atom. The molecule has 0 radical (unpaired) electrons. The number of rotatable bonds is 5. The third kappa shape index (κ3) is 4.84. The molecule has 8 heteroatoms. The minimum atomic E-state index is -2.99. The van der Waals surface area contributed by atoms with Gasteiger partial charge >= 0.3 is 0 Å². The van der Waals surface area contributed by atoms with Gasteiger partial charge in [-0.05, 0) is 6.92 Å². The summed E-state index contributed by atoms with van der Waals surface area (Å²) in [5, 5.41) is 8.86. The molecule has 1 unspecified atom stereocenters. The fourth-order valence-corrected chi connectivity index (χ4v) is 4.34. The van der Waals surface area contributed by atoms with Crippen LogP contribution in [-0.4, -0.2) is 49.9 Å². The van der Waals surface area contributed by atoms with Crippen LogP contribution >= 0.6 is 11.3 Å². The van der Waals surface area contributed by atoms with Gasteiger partial charge in [-0.15, -0.1) is 11.3 Å². The average molecular weight is 317 g/mol. The monoisotopic (exact) mass is 317 g/mol. The molecular formula is C12H19N3O3S2. The van der Waals surface area contributed by atoms with E-state index in [9.17, 15) is 13.2 Å². The molecule has 0 aromatic carbocycles. The number of hydrogen-bond donors (Lipinski definition) is 2. The summed E-state index contributed by atoms with van der Waals surface area (Å²) in [5.41, 5.74) is 0.993. The third-order valence-corrected chi connectivity index (χ3v) is 5.82. The Bertz CT molecular complexity index is 568. The largest absolute Gasteiger partial charge is 0.356 e. The molecule has 1 fully saturated rings. The molecule has 0 bridgehead atoms. The van der Waals surface area contributed by atoms with Crippen molar-refractivity contribution in [3.8, 4) is 0 Å². The first kappa shape index (κ1) is 15.4. The molecule has 2 N–H and O–H groups in total. The van der Waals surface area contributed by atoms with Crippen LogP contribution in [0, 0.1) is 6.92 Å². The van der Waals surface area contributed by atoms with Crippen molar-refractivity contribution in [3.05, 3.63) is 16.1 Å². The van der Waals surface area contributed by atoms with Crippen molar-refractivity contribution < 1.29 is 13.2 Å². The van der Waals surface area contributed by atoms with Crippen LogP contribution in [0.25, 0.3) is 0 Å². The fraction of sp³-hybridized carbons (Fsp3) is 0.667. The van der Waals surface area contributed by atoms with Crippen molar-refractivity contribution in [2.45, 2.75) is 25.8 Å². The number of aromatic nitrogens is 1. The van der Waals surface area contributed by atoms with Crippen molar-refractivity contribution >= 4 is 27.1 Å². The highest BCUT2D eigenvalue weighted by atomic mass is 32.2. The van der Waals surface area contributed by atoms with E-state index in [1.54, 1.807) is 11.3 Å². The lowest BCUT2D eigenvalue weighted by atomic mass is 10.2. The molecule has 2 heterocycles. The van der Waals surface area contributed by atoms with Gasteiger partial charge < -0.3 is 10.6 Å². The molecule has 1 aromatic rings. The number of carbonyl (C=O) groups excluding carboxylic acids is 1. The lowest BCUT2D eigenvalue weighted by molar-refractivity contribution is -0.121. The van der Waals surface area contributed by atoms with E-state index in [2.05, 4.69) is 15.6 Å². The molecule has 1 saturated heterocycles. The van der Waals surface area contributed by atoms with E-state index in [4.69, 9.17) is 0 Å². The smallest absolute Gasteiger partial charge is 0.221 e. The molecule has 0 aliphatic carbocycles. The minimum Gasteiger partial charge on any atom is -0.356 e. The van der Waals surface area contributed by atoms with E-state index < -0.39 is 9.84 Å². The van der Waals surface area contributed by atoms with Gasteiger partial charge in [-0.25, -0.2) is 13.4 Å². The third-order valence-electron chi connectivity index (χ3n) is 3.06. The molecule has 20 heavy (non-hydrogen) atoms. The summed E-state index contributed by atoms with van der Waals surface area (Å²) in [4.78, 5) is 16.1. The topological polar surface area (TPSA) is 88.2 Å². The minimum absolute atomic E-state index is 0.0477. The number of hydrogen-bond acceptors (Lipinski definition) is 6. The SMILES string of the molecule is Cc1csc(CCNC(=O)CC2CS(=O)(=O)CCN2)n1. The maximum atomic E-state index is 11.8. The number of amides is 1. The highest BCUT2D eigenvalue weighted by Crippen LogP contribution is 2.09. The van der Waals surface area contributed by atoms with Crippen LogP contribution in [0.4, 0.5) is 0 Å². The normalized spacial score (nSPS) is 21.6. The van der Waals surface area contributed by atoms with Gasteiger partial charge in [-0.3, -0.25) is 4.79 Å². The summed E-state index contributed by atoms with van der Waals surface area (Å²) in [6.07, 6.45) is 0.913. The van der Waals surface area contributed by atoms with E-state index >= 15 is 0 Å². The van der Waals surface area contributed by atoms with E-state index in [-0.39, 0.29) is 29.9 Å². The number of sulfone groups is 1. The maximum Gasteiger partial charge on any atom is 0.221 e. The molecule has 1 aliphatic rings. The van der Waals surface area contributed by atoms with Gasteiger partial charge in [0.25, 0.3) is 0 Å². The Morgan fingerprint density at radius 2 is 2.40 bits per heavy atom. The van der Waals surface area contributed by atoms with E-state index in [1.165, 1.54) is 0 Å². The number of thiazole rings is 1. The zero-order valence-corrected chi connectivity index (χ0v) is 13.0. The Hall–Kier alpha value is -0.990. The predicted octanol–water partition coefficient (Wildman–Crippen LogP) is -0.113. The zero-order valence-electron chi connectivity index (χ0n) is 11.4. The van der Waals surface area contributed by atoms with Crippen molar-refractivity contribution in [2.24, 2.45) is 0 Å². The highest BCUT2D eigenvalue weighted by molar-refractivity contribution is 7.91. The summed E-state index contributed by atoms with van der Waals surface area (Å²) in [7, 11) is -2.99. The Balaban J connectivity index is 1.70.